The molecule has 0 spiro atoms. The summed E-state index contributed by atoms with van der Waals surface area (Å²) in [4.78, 5) is 25.9. The van der Waals surface area contributed by atoms with Gasteiger partial charge in [0.15, 0.2) is 11.5 Å². The second-order valence-electron chi connectivity index (χ2n) is 7.51. The first kappa shape index (κ1) is 25.4. The Morgan fingerprint density at radius 1 is 0.824 bits per heavy atom. The van der Waals surface area contributed by atoms with Gasteiger partial charge in [-0.2, -0.15) is 0 Å². The van der Waals surface area contributed by atoms with E-state index >= 15 is 0 Å². The van der Waals surface area contributed by atoms with Gasteiger partial charge < -0.3 is 20.1 Å². The van der Waals surface area contributed by atoms with Crippen LogP contribution in [0.3, 0.4) is 0 Å². The second-order valence-corrected chi connectivity index (χ2v) is 8.38. The molecule has 0 aliphatic rings. The first-order chi connectivity index (χ1) is 16.4. The van der Waals surface area contributed by atoms with Crippen LogP contribution in [0.4, 0.5) is 0 Å². The third kappa shape index (κ3) is 6.89. The van der Waals surface area contributed by atoms with E-state index in [0.717, 1.165) is 12.8 Å². The molecule has 0 fully saturated rings. The Morgan fingerprint density at radius 2 is 1.35 bits per heavy atom. The third-order valence-electron chi connectivity index (χ3n) is 5.04. The summed E-state index contributed by atoms with van der Waals surface area (Å²) >= 11 is 11.9. The van der Waals surface area contributed by atoms with Gasteiger partial charge in [-0.05, 0) is 72.6 Å². The number of amides is 2. The molecule has 0 aliphatic carbocycles. The van der Waals surface area contributed by atoms with Gasteiger partial charge in [0, 0.05) is 21.2 Å². The Kier molecular flexibility index (Phi) is 9.19. The summed E-state index contributed by atoms with van der Waals surface area (Å²) in [5.74, 6) is 0.344. The van der Waals surface area contributed by atoms with Gasteiger partial charge >= 0.3 is 0 Å². The molecule has 0 radical (unpaired) electrons. The van der Waals surface area contributed by atoms with Crippen molar-refractivity contribution < 1.29 is 19.1 Å². The van der Waals surface area contributed by atoms with Gasteiger partial charge in [-0.15, -0.1) is 0 Å². The van der Waals surface area contributed by atoms with E-state index in [4.69, 9.17) is 32.7 Å². The van der Waals surface area contributed by atoms with Crippen molar-refractivity contribution in [1.29, 1.82) is 0 Å². The SMILES string of the molecule is CCCCOc1cc(C(NC(=O)c2ccc(Cl)cc2)NC(=O)c2ccc(Cl)cc2)ccc1OC. The van der Waals surface area contributed by atoms with E-state index in [9.17, 15) is 9.59 Å². The topological polar surface area (TPSA) is 76.7 Å². The summed E-state index contributed by atoms with van der Waals surface area (Å²) < 4.78 is 11.3. The molecule has 0 saturated carbocycles. The normalized spacial score (nSPS) is 10.6. The minimum Gasteiger partial charge on any atom is -0.493 e. The van der Waals surface area contributed by atoms with Gasteiger partial charge in [0.25, 0.3) is 11.8 Å². The Labute approximate surface area is 209 Å². The molecule has 0 heterocycles. The lowest BCUT2D eigenvalue weighted by Gasteiger charge is -2.22. The summed E-state index contributed by atoms with van der Waals surface area (Å²) in [6, 6.07) is 18.2. The van der Waals surface area contributed by atoms with Crippen molar-refractivity contribution in [1.82, 2.24) is 10.6 Å². The van der Waals surface area contributed by atoms with Gasteiger partial charge in [-0.25, -0.2) is 0 Å². The van der Waals surface area contributed by atoms with E-state index < -0.39 is 6.17 Å². The molecule has 3 aromatic carbocycles. The van der Waals surface area contributed by atoms with Crippen LogP contribution in [0.25, 0.3) is 0 Å². The fourth-order valence-corrected chi connectivity index (χ4v) is 3.40. The standard InChI is InChI=1S/C26H26Cl2N2O4/c1-3-4-15-34-23-16-19(9-14-22(23)33-2)24(29-25(31)17-5-10-20(27)11-6-17)30-26(32)18-7-12-21(28)13-8-18/h5-14,16,24H,3-4,15H2,1-2H3,(H,29,31)(H,30,32). The van der Waals surface area contributed by atoms with Gasteiger partial charge in [0.1, 0.15) is 6.17 Å². The summed E-state index contributed by atoms with van der Waals surface area (Å²) in [7, 11) is 1.56. The molecule has 0 aliphatic heterocycles. The zero-order valence-corrected chi connectivity index (χ0v) is 20.5. The molecule has 6 nitrogen and oxygen atoms in total. The molecule has 0 atom stereocenters. The molecule has 0 bridgehead atoms. The van der Waals surface area contributed by atoms with Crippen LogP contribution in [-0.4, -0.2) is 25.5 Å². The number of unbranched alkanes of at least 4 members (excludes halogenated alkanes) is 1. The minimum atomic E-state index is -0.842. The molecule has 2 amide bonds. The first-order valence-electron chi connectivity index (χ1n) is 10.8. The largest absolute Gasteiger partial charge is 0.493 e. The lowest BCUT2D eigenvalue weighted by molar-refractivity contribution is 0.0883. The predicted molar refractivity (Wildman–Crippen MR) is 134 cm³/mol. The van der Waals surface area contributed by atoms with Gasteiger partial charge in [0.05, 0.1) is 13.7 Å². The quantitative estimate of drug-likeness (QED) is 0.262. The van der Waals surface area contributed by atoms with Crippen molar-refractivity contribution in [3.8, 4) is 11.5 Å². The number of hydrogen-bond donors (Lipinski definition) is 2. The average molecular weight is 501 g/mol. The van der Waals surface area contributed by atoms with Crippen molar-refractivity contribution in [2.75, 3.05) is 13.7 Å². The fourth-order valence-electron chi connectivity index (χ4n) is 3.15. The molecule has 178 valence electrons. The zero-order valence-electron chi connectivity index (χ0n) is 18.9. The highest BCUT2D eigenvalue weighted by Gasteiger charge is 2.21. The summed E-state index contributed by atoms with van der Waals surface area (Å²) in [5, 5.41) is 6.80. The van der Waals surface area contributed by atoms with Crippen LogP contribution in [0.15, 0.2) is 66.7 Å². The highest BCUT2D eigenvalue weighted by Crippen LogP contribution is 2.30. The van der Waals surface area contributed by atoms with Gasteiger partial charge in [0.2, 0.25) is 0 Å². The number of carbonyl (C=O) groups is 2. The maximum atomic E-state index is 12.9. The Balaban J connectivity index is 1.90. The molecule has 3 rings (SSSR count). The lowest BCUT2D eigenvalue weighted by Crippen LogP contribution is -2.41. The smallest absolute Gasteiger partial charge is 0.253 e. The number of ether oxygens (including phenoxy) is 2. The van der Waals surface area contributed by atoms with E-state index in [-0.39, 0.29) is 11.8 Å². The van der Waals surface area contributed by atoms with Crippen LogP contribution in [0.1, 0.15) is 52.2 Å². The monoisotopic (exact) mass is 500 g/mol. The van der Waals surface area contributed by atoms with Crippen molar-refractivity contribution in [2.45, 2.75) is 25.9 Å². The number of carbonyl (C=O) groups excluding carboxylic acids is 2. The summed E-state index contributed by atoms with van der Waals surface area (Å²) in [6.45, 7) is 2.60. The number of rotatable bonds is 10. The molecule has 0 aromatic heterocycles. The number of nitrogens with one attached hydrogen (secondary N) is 2. The Hall–Kier alpha value is -3.22. The molecule has 8 heteroatoms. The molecule has 34 heavy (non-hydrogen) atoms. The van der Waals surface area contributed by atoms with Gasteiger partial charge in [-0.1, -0.05) is 42.6 Å². The Morgan fingerprint density at radius 3 is 1.82 bits per heavy atom. The van der Waals surface area contributed by atoms with E-state index in [1.165, 1.54) is 0 Å². The first-order valence-corrected chi connectivity index (χ1v) is 11.6. The van der Waals surface area contributed by atoms with Crippen LogP contribution in [0, 0.1) is 0 Å². The third-order valence-corrected chi connectivity index (χ3v) is 5.54. The van der Waals surface area contributed by atoms with Crippen LogP contribution >= 0.6 is 23.2 Å². The highest BCUT2D eigenvalue weighted by atomic mass is 35.5. The van der Waals surface area contributed by atoms with Crippen molar-refractivity contribution in [3.63, 3.8) is 0 Å². The second kappa shape index (κ2) is 12.3. The zero-order chi connectivity index (χ0) is 24.5. The number of halogens is 2. The van der Waals surface area contributed by atoms with Gasteiger partial charge in [-0.3, -0.25) is 9.59 Å². The lowest BCUT2D eigenvalue weighted by atomic mass is 10.1. The molecule has 2 N–H and O–H groups in total. The van der Waals surface area contributed by atoms with Crippen LogP contribution in [0.2, 0.25) is 10.0 Å². The molecule has 3 aromatic rings. The Bertz CT molecular complexity index is 1060. The van der Waals surface area contributed by atoms with Crippen LogP contribution in [-0.2, 0) is 0 Å². The van der Waals surface area contributed by atoms with E-state index in [1.54, 1.807) is 73.8 Å². The van der Waals surface area contributed by atoms with E-state index in [1.807, 2.05) is 0 Å². The van der Waals surface area contributed by atoms with E-state index in [2.05, 4.69) is 17.6 Å². The van der Waals surface area contributed by atoms with Crippen molar-refractivity contribution in [3.05, 3.63) is 93.5 Å². The minimum absolute atomic E-state index is 0.373. The molecular formula is C26H26Cl2N2O4. The number of benzene rings is 3. The predicted octanol–water partition coefficient (Wildman–Crippen LogP) is 6.04. The number of hydrogen-bond acceptors (Lipinski definition) is 4. The summed E-state index contributed by atoms with van der Waals surface area (Å²) in [5.41, 5.74) is 1.43. The number of methoxy groups -OCH3 is 1. The fraction of sp³-hybridized carbons (Fsp3) is 0.231. The maximum Gasteiger partial charge on any atom is 0.253 e. The molecular weight excluding hydrogens is 475 g/mol. The maximum absolute atomic E-state index is 12.9. The molecule has 0 unspecified atom stereocenters. The van der Waals surface area contributed by atoms with Crippen LogP contribution < -0.4 is 20.1 Å². The van der Waals surface area contributed by atoms with Crippen molar-refractivity contribution >= 4 is 35.0 Å². The highest BCUT2D eigenvalue weighted by molar-refractivity contribution is 6.31. The van der Waals surface area contributed by atoms with Crippen molar-refractivity contribution in [2.24, 2.45) is 0 Å². The molecule has 0 saturated heterocycles. The summed E-state index contributed by atoms with van der Waals surface area (Å²) in [6.07, 6.45) is 1.03. The van der Waals surface area contributed by atoms with Crippen LogP contribution in [0.5, 0.6) is 11.5 Å². The van der Waals surface area contributed by atoms with E-state index in [0.29, 0.717) is 44.8 Å². The average Bonchev–Trinajstić information content (AvgIpc) is 2.84.